The maximum Gasteiger partial charge on any atom is 0.169 e. The zero-order valence-electron chi connectivity index (χ0n) is 13.5. The van der Waals surface area contributed by atoms with E-state index >= 15 is 0 Å². The lowest BCUT2D eigenvalue weighted by Gasteiger charge is -2.39. The molecule has 1 aliphatic rings. The molecule has 0 saturated carbocycles. The number of fused-ring (bicyclic) bond motifs is 1. The molecule has 1 atom stereocenters. The highest BCUT2D eigenvalue weighted by molar-refractivity contribution is 7.80. The Kier molecular flexibility index (Phi) is 5.85. The van der Waals surface area contributed by atoms with Crippen LogP contribution in [-0.4, -0.2) is 43.9 Å². The van der Waals surface area contributed by atoms with E-state index in [9.17, 15) is 0 Å². The lowest BCUT2D eigenvalue weighted by Crippen LogP contribution is -2.47. The van der Waals surface area contributed by atoms with E-state index in [0.717, 1.165) is 42.5 Å². The minimum atomic E-state index is 0.0698. The molecule has 0 saturated heterocycles. The first-order valence-corrected chi connectivity index (χ1v) is 8.06. The van der Waals surface area contributed by atoms with Crippen LogP contribution in [0.4, 0.5) is 0 Å². The topological polar surface area (TPSA) is 59.8 Å². The minimum Gasteiger partial charge on any atom is -0.493 e. The smallest absolute Gasteiger partial charge is 0.169 e. The van der Waals surface area contributed by atoms with Gasteiger partial charge in [-0.15, -0.1) is 0 Å². The molecule has 3 N–H and O–H groups in total. The van der Waals surface area contributed by atoms with Crippen molar-refractivity contribution in [2.45, 2.75) is 25.8 Å². The van der Waals surface area contributed by atoms with E-state index in [-0.39, 0.29) is 6.04 Å². The van der Waals surface area contributed by atoms with Gasteiger partial charge in [0.1, 0.15) is 0 Å². The van der Waals surface area contributed by atoms with Gasteiger partial charge in [-0.1, -0.05) is 6.92 Å². The quantitative estimate of drug-likeness (QED) is 0.807. The van der Waals surface area contributed by atoms with E-state index in [0.29, 0.717) is 6.54 Å². The van der Waals surface area contributed by atoms with Gasteiger partial charge < -0.3 is 25.4 Å². The van der Waals surface area contributed by atoms with Crippen molar-refractivity contribution in [2.75, 3.05) is 33.9 Å². The van der Waals surface area contributed by atoms with Gasteiger partial charge in [0.15, 0.2) is 16.6 Å². The number of hydrogen-bond donors (Lipinski definition) is 2. The van der Waals surface area contributed by atoms with Crippen LogP contribution in [0.25, 0.3) is 0 Å². The summed E-state index contributed by atoms with van der Waals surface area (Å²) in [6.07, 6.45) is 1.96. The standard InChI is InChI=1S/C16H25N3O2S/c1-4-6-18-16(22)19-7-5-11-8-14(20-2)15(21-3)9-12(11)13(19)10-17/h8-9,13H,4-7,10,17H2,1-3H3,(H,18,22). The van der Waals surface area contributed by atoms with Gasteiger partial charge in [0.2, 0.25) is 0 Å². The second-order valence-corrected chi connectivity index (χ2v) is 5.72. The SMILES string of the molecule is CCCNC(=S)N1CCc2cc(OC)c(OC)cc2C1CN. The summed E-state index contributed by atoms with van der Waals surface area (Å²) in [5, 5.41) is 4.07. The van der Waals surface area contributed by atoms with Gasteiger partial charge in [0.05, 0.1) is 20.3 Å². The molecule has 1 aromatic rings. The Labute approximate surface area is 137 Å². The molecular formula is C16H25N3O2S. The second kappa shape index (κ2) is 7.65. The highest BCUT2D eigenvalue weighted by atomic mass is 32.1. The molecule has 1 aliphatic heterocycles. The summed E-state index contributed by atoms with van der Waals surface area (Å²) < 4.78 is 10.8. The Bertz CT molecular complexity index is 536. The summed E-state index contributed by atoms with van der Waals surface area (Å²) in [6.45, 7) is 4.38. The van der Waals surface area contributed by atoms with Crippen LogP contribution in [0, 0.1) is 0 Å². The maximum absolute atomic E-state index is 6.04. The van der Waals surface area contributed by atoms with E-state index in [1.807, 2.05) is 6.07 Å². The van der Waals surface area contributed by atoms with Crippen LogP contribution < -0.4 is 20.5 Å². The van der Waals surface area contributed by atoms with Crippen LogP contribution >= 0.6 is 12.2 Å². The molecule has 1 aromatic carbocycles. The molecule has 0 bridgehead atoms. The van der Waals surface area contributed by atoms with Gasteiger partial charge in [-0.2, -0.15) is 0 Å². The van der Waals surface area contributed by atoms with Gasteiger partial charge >= 0.3 is 0 Å². The normalized spacial score (nSPS) is 16.9. The van der Waals surface area contributed by atoms with Crippen molar-refractivity contribution in [1.29, 1.82) is 0 Å². The number of rotatable bonds is 5. The summed E-state index contributed by atoms with van der Waals surface area (Å²) in [4.78, 5) is 2.18. The Hall–Kier alpha value is -1.53. The maximum atomic E-state index is 6.04. The van der Waals surface area contributed by atoms with Crippen LogP contribution in [0.2, 0.25) is 0 Å². The molecule has 0 fully saturated rings. The van der Waals surface area contributed by atoms with Gasteiger partial charge in [0.25, 0.3) is 0 Å². The van der Waals surface area contributed by atoms with E-state index in [1.54, 1.807) is 14.2 Å². The number of thiocarbonyl (C=S) groups is 1. The van der Waals surface area contributed by atoms with Gasteiger partial charge in [0, 0.05) is 19.6 Å². The summed E-state index contributed by atoms with van der Waals surface area (Å²) in [7, 11) is 3.30. The molecule has 22 heavy (non-hydrogen) atoms. The number of ether oxygens (including phenoxy) is 2. The first-order chi connectivity index (χ1) is 10.7. The number of nitrogens with zero attached hydrogens (tertiary/aromatic N) is 1. The fourth-order valence-electron chi connectivity index (χ4n) is 2.86. The number of nitrogens with two attached hydrogens (primary N) is 1. The number of hydrogen-bond acceptors (Lipinski definition) is 4. The lowest BCUT2D eigenvalue weighted by molar-refractivity contribution is 0.296. The predicted octanol–water partition coefficient (Wildman–Crippen LogP) is 1.85. The molecule has 0 aliphatic carbocycles. The van der Waals surface area contributed by atoms with Gasteiger partial charge in [-0.25, -0.2) is 0 Å². The summed E-state index contributed by atoms with van der Waals surface area (Å²) in [5.74, 6) is 1.49. The first kappa shape index (κ1) is 16.8. The van der Waals surface area contributed by atoms with Crippen LogP contribution in [0.3, 0.4) is 0 Å². The average Bonchev–Trinajstić information content (AvgIpc) is 2.56. The molecule has 0 spiro atoms. The Morgan fingerprint density at radius 1 is 1.36 bits per heavy atom. The predicted molar refractivity (Wildman–Crippen MR) is 92.6 cm³/mol. The van der Waals surface area contributed by atoms with E-state index in [2.05, 4.69) is 23.2 Å². The van der Waals surface area contributed by atoms with Crippen LogP contribution in [0.1, 0.15) is 30.5 Å². The van der Waals surface area contributed by atoms with Crippen molar-refractivity contribution in [3.8, 4) is 11.5 Å². The molecule has 1 unspecified atom stereocenters. The summed E-state index contributed by atoms with van der Waals surface area (Å²) >= 11 is 5.53. The molecule has 2 rings (SSSR count). The highest BCUT2D eigenvalue weighted by Crippen LogP contribution is 2.37. The Morgan fingerprint density at radius 3 is 2.64 bits per heavy atom. The number of methoxy groups -OCH3 is 2. The van der Waals surface area contributed by atoms with Crippen molar-refractivity contribution in [3.63, 3.8) is 0 Å². The third kappa shape index (κ3) is 3.28. The monoisotopic (exact) mass is 323 g/mol. The average molecular weight is 323 g/mol. The lowest BCUT2D eigenvalue weighted by atomic mass is 9.92. The third-order valence-electron chi connectivity index (χ3n) is 4.01. The van der Waals surface area contributed by atoms with Crippen molar-refractivity contribution in [1.82, 2.24) is 10.2 Å². The number of nitrogens with one attached hydrogen (secondary N) is 1. The molecule has 5 nitrogen and oxygen atoms in total. The van der Waals surface area contributed by atoms with Gasteiger partial charge in [-0.3, -0.25) is 0 Å². The van der Waals surface area contributed by atoms with E-state index in [1.165, 1.54) is 11.1 Å². The van der Waals surface area contributed by atoms with Gasteiger partial charge in [-0.05, 0) is 48.3 Å². The summed E-state index contributed by atoms with van der Waals surface area (Å²) in [5.41, 5.74) is 8.46. The first-order valence-electron chi connectivity index (χ1n) is 7.65. The zero-order chi connectivity index (χ0) is 16.1. The van der Waals surface area contributed by atoms with E-state index < -0.39 is 0 Å². The fraction of sp³-hybridized carbons (Fsp3) is 0.562. The van der Waals surface area contributed by atoms with Crippen molar-refractivity contribution in [2.24, 2.45) is 5.73 Å². The van der Waals surface area contributed by atoms with Crippen molar-refractivity contribution in [3.05, 3.63) is 23.3 Å². The number of benzene rings is 1. The zero-order valence-corrected chi connectivity index (χ0v) is 14.3. The van der Waals surface area contributed by atoms with Crippen LogP contribution in [0.5, 0.6) is 11.5 Å². The molecular weight excluding hydrogens is 298 g/mol. The van der Waals surface area contributed by atoms with Crippen LogP contribution in [0.15, 0.2) is 12.1 Å². The molecule has 0 radical (unpaired) electrons. The Morgan fingerprint density at radius 2 is 2.05 bits per heavy atom. The minimum absolute atomic E-state index is 0.0698. The highest BCUT2D eigenvalue weighted by Gasteiger charge is 2.29. The molecule has 1 heterocycles. The van der Waals surface area contributed by atoms with Crippen molar-refractivity contribution < 1.29 is 9.47 Å². The van der Waals surface area contributed by atoms with E-state index in [4.69, 9.17) is 27.4 Å². The molecule has 6 heteroatoms. The largest absolute Gasteiger partial charge is 0.493 e. The molecule has 122 valence electrons. The third-order valence-corrected chi connectivity index (χ3v) is 4.39. The summed E-state index contributed by atoms with van der Waals surface area (Å²) in [6, 6.07) is 4.15. The molecule has 0 amide bonds. The fourth-order valence-corrected chi connectivity index (χ4v) is 3.18. The van der Waals surface area contributed by atoms with Crippen molar-refractivity contribution >= 4 is 17.3 Å². The van der Waals surface area contributed by atoms with Crippen LogP contribution in [-0.2, 0) is 6.42 Å². The Balaban J connectivity index is 2.32. The molecule has 0 aromatic heterocycles. The second-order valence-electron chi connectivity index (χ2n) is 5.33.